The second-order valence-corrected chi connectivity index (χ2v) is 6.85. The molecule has 2 aromatic heterocycles. The number of fused-ring (bicyclic) bond motifs is 4. The molecule has 3 aromatic carbocycles. The monoisotopic (exact) mass is 345 g/mol. The fraction of sp³-hybridized carbons (Fsp3) is 0. The summed E-state index contributed by atoms with van der Waals surface area (Å²) in [5.74, 6) is 0.174. The summed E-state index contributed by atoms with van der Waals surface area (Å²) in [6.07, 6.45) is 0. The molecular formula is C20H11NO3S. The lowest BCUT2D eigenvalue weighted by atomic mass is 10.0. The second-order valence-electron chi connectivity index (χ2n) is 5.82. The zero-order valence-corrected chi connectivity index (χ0v) is 13.7. The van der Waals surface area contributed by atoms with Crippen LogP contribution in [0, 0.1) is 0 Å². The molecule has 5 aromatic rings. The van der Waals surface area contributed by atoms with E-state index in [1.807, 2.05) is 36.4 Å². The quantitative estimate of drug-likeness (QED) is 0.346. The minimum absolute atomic E-state index is 0.174. The molecule has 0 radical (unpaired) electrons. The van der Waals surface area contributed by atoms with Crippen LogP contribution in [0.3, 0.4) is 0 Å². The Morgan fingerprint density at radius 2 is 1.80 bits per heavy atom. The zero-order valence-electron chi connectivity index (χ0n) is 12.9. The number of thiazole rings is 1. The van der Waals surface area contributed by atoms with Gasteiger partial charge in [-0.1, -0.05) is 24.3 Å². The number of para-hydroxylation sites is 1. The van der Waals surface area contributed by atoms with Gasteiger partial charge in [0, 0.05) is 5.39 Å². The van der Waals surface area contributed by atoms with Crippen LogP contribution >= 0.6 is 11.3 Å². The Hall–Kier alpha value is -3.18. The summed E-state index contributed by atoms with van der Waals surface area (Å²) in [5, 5.41) is 13.0. The molecule has 0 saturated heterocycles. The van der Waals surface area contributed by atoms with Crippen LogP contribution in [-0.2, 0) is 0 Å². The lowest BCUT2D eigenvalue weighted by molar-refractivity contribution is 0.476. The van der Waals surface area contributed by atoms with Crippen molar-refractivity contribution in [2.24, 2.45) is 0 Å². The van der Waals surface area contributed by atoms with E-state index in [0.717, 1.165) is 26.4 Å². The Bertz CT molecular complexity index is 1300. The Labute approximate surface area is 145 Å². The Kier molecular flexibility index (Phi) is 2.93. The highest BCUT2D eigenvalue weighted by Crippen LogP contribution is 2.33. The molecule has 5 heteroatoms. The summed E-state index contributed by atoms with van der Waals surface area (Å²) in [6, 6.07) is 18.4. The van der Waals surface area contributed by atoms with Crippen LogP contribution in [0.1, 0.15) is 0 Å². The highest BCUT2D eigenvalue weighted by atomic mass is 32.1. The van der Waals surface area contributed by atoms with Gasteiger partial charge in [-0.05, 0) is 47.2 Å². The summed E-state index contributed by atoms with van der Waals surface area (Å²) >= 11 is 1.46. The van der Waals surface area contributed by atoms with Gasteiger partial charge in [0.1, 0.15) is 16.3 Å². The van der Waals surface area contributed by atoms with Crippen LogP contribution in [0.25, 0.3) is 42.5 Å². The van der Waals surface area contributed by atoms with E-state index < -0.39 is 5.63 Å². The third-order valence-electron chi connectivity index (χ3n) is 4.24. The van der Waals surface area contributed by atoms with Crippen LogP contribution in [0.15, 0.2) is 69.9 Å². The maximum atomic E-state index is 12.5. The molecule has 0 spiro atoms. The van der Waals surface area contributed by atoms with E-state index in [2.05, 4.69) is 4.98 Å². The summed E-state index contributed by atoms with van der Waals surface area (Å²) in [7, 11) is 0. The van der Waals surface area contributed by atoms with Crippen molar-refractivity contribution < 1.29 is 9.52 Å². The highest BCUT2D eigenvalue weighted by Gasteiger charge is 2.14. The molecule has 0 amide bonds. The minimum Gasteiger partial charge on any atom is -0.508 e. The fourth-order valence-electron chi connectivity index (χ4n) is 3.04. The summed E-state index contributed by atoms with van der Waals surface area (Å²) in [6.45, 7) is 0. The summed E-state index contributed by atoms with van der Waals surface area (Å²) in [4.78, 5) is 17.0. The van der Waals surface area contributed by atoms with Crippen molar-refractivity contribution in [1.82, 2.24) is 4.98 Å². The van der Waals surface area contributed by atoms with E-state index in [9.17, 15) is 9.90 Å². The number of nitrogens with zero attached hydrogens (tertiary/aromatic N) is 1. The number of phenolic OH excluding ortho intramolecular Hbond substituents is 1. The van der Waals surface area contributed by atoms with Crippen molar-refractivity contribution in [2.75, 3.05) is 0 Å². The summed E-state index contributed by atoms with van der Waals surface area (Å²) in [5.41, 5.74) is 1.38. The van der Waals surface area contributed by atoms with Crippen molar-refractivity contribution in [3.8, 4) is 16.3 Å². The van der Waals surface area contributed by atoms with Gasteiger partial charge < -0.3 is 9.52 Å². The van der Waals surface area contributed by atoms with Gasteiger partial charge in [-0.15, -0.1) is 11.3 Å². The first-order valence-electron chi connectivity index (χ1n) is 7.74. The molecule has 25 heavy (non-hydrogen) atoms. The van der Waals surface area contributed by atoms with E-state index in [0.29, 0.717) is 16.2 Å². The Balaban J connectivity index is 1.86. The van der Waals surface area contributed by atoms with E-state index >= 15 is 0 Å². The van der Waals surface area contributed by atoms with E-state index in [4.69, 9.17) is 4.42 Å². The molecular weight excluding hydrogens is 334 g/mol. The third-order valence-corrected chi connectivity index (χ3v) is 5.31. The van der Waals surface area contributed by atoms with Crippen LogP contribution in [0.2, 0.25) is 0 Å². The Morgan fingerprint density at radius 3 is 2.68 bits per heavy atom. The van der Waals surface area contributed by atoms with Crippen molar-refractivity contribution in [3.05, 3.63) is 71.1 Å². The molecule has 0 fully saturated rings. The molecule has 5 rings (SSSR count). The van der Waals surface area contributed by atoms with Crippen molar-refractivity contribution in [2.45, 2.75) is 0 Å². The first-order valence-corrected chi connectivity index (χ1v) is 8.56. The first-order chi connectivity index (χ1) is 12.2. The van der Waals surface area contributed by atoms with E-state index in [1.165, 1.54) is 11.3 Å². The number of hydrogen-bond acceptors (Lipinski definition) is 5. The largest absolute Gasteiger partial charge is 0.508 e. The van der Waals surface area contributed by atoms with Crippen LogP contribution in [0.4, 0.5) is 0 Å². The Morgan fingerprint density at radius 1 is 0.960 bits per heavy atom. The first kappa shape index (κ1) is 14.2. The number of aromatic nitrogens is 1. The number of rotatable bonds is 1. The number of aromatic hydroxyl groups is 1. The standard InChI is InChI=1S/C20H11NO3S/c22-12-7-5-11-6-8-17-14(13(11)9-12)10-15(20(23)24-17)19-21-16-3-1-2-4-18(16)25-19/h1-10,22H. The minimum atomic E-state index is -0.411. The fourth-order valence-corrected chi connectivity index (χ4v) is 4.01. The molecule has 1 N–H and O–H groups in total. The molecule has 0 unspecified atom stereocenters. The van der Waals surface area contributed by atoms with Gasteiger partial charge in [0.2, 0.25) is 0 Å². The molecule has 2 heterocycles. The predicted octanol–water partition coefficient (Wildman–Crippen LogP) is 4.93. The number of hydrogen-bond donors (Lipinski definition) is 1. The van der Waals surface area contributed by atoms with Gasteiger partial charge in [-0.2, -0.15) is 0 Å². The van der Waals surface area contributed by atoms with E-state index in [1.54, 1.807) is 24.3 Å². The van der Waals surface area contributed by atoms with Crippen molar-refractivity contribution >= 4 is 43.3 Å². The zero-order chi connectivity index (χ0) is 17.0. The maximum Gasteiger partial charge on any atom is 0.346 e. The van der Waals surface area contributed by atoms with Gasteiger partial charge in [0.15, 0.2) is 0 Å². The topological polar surface area (TPSA) is 63.3 Å². The molecule has 4 nitrogen and oxygen atoms in total. The second kappa shape index (κ2) is 5.16. The van der Waals surface area contributed by atoms with Crippen LogP contribution in [0.5, 0.6) is 5.75 Å². The highest BCUT2D eigenvalue weighted by molar-refractivity contribution is 7.21. The molecule has 0 aliphatic heterocycles. The maximum absolute atomic E-state index is 12.5. The van der Waals surface area contributed by atoms with Crippen LogP contribution in [-0.4, -0.2) is 10.1 Å². The average Bonchev–Trinajstić information content (AvgIpc) is 3.04. The lowest BCUT2D eigenvalue weighted by Gasteiger charge is -2.05. The van der Waals surface area contributed by atoms with Crippen molar-refractivity contribution in [3.63, 3.8) is 0 Å². The molecule has 120 valence electrons. The smallest absolute Gasteiger partial charge is 0.346 e. The average molecular weight is 345 g/mol. The SMILES string of the molecule is O=c1oc2ccc3ccc(O)cc3c2cc1-c1nc2ccccc2s1. The lowest BCUT2D eigenvalue weighted by Crippen LogP contribution is -2.02. The third kappa shape index (κ3) is 2.21. The van der Waals surface area contributed by atoms with Gasteiger partial charge in [-0.3, -0.25) is 0 Å². The predicted molar refractivity (Wildman–Crippen MR) is 100 cm³/mol. The molecule has 0 aliphatic rings. The van der Waals surface area contributed by atoms with E-state index in [-0.39, 0.29) is 5.75 Å². The summed E-state index contributed by atoms with van der Waals surface area (Å²) < 4.78 is 6.54. The van der Waals surface area contributed by atoms with Gasteiger partial charge in [0.05, 0.1) is 15.8 Å². The molecule has 0 atom stereocenters. The molecule has 0 aliphatic carbocycles. The molecule has 0 bridgehead atoms. The van der Waals surface area contributed by atoms with Gasteiger partial charge >= 0.3 is 5.63 Å². The number of phenols is 1. The van der Waals surface area contributed by atoms with Gasteiger partial charge in [0.25, 0.3) is 0 Å². The van der Waals surface area contributed by atoms with Crippen LogP contribution < -0.4 is 5.63 Å². The van der Waals surface area contributed by atoms with Crippen molar-refractivity contribution in [1.29, 1.82) is 0 Å². The van der Waals surface area contributed by atoms with Gasteiger partial charge in [-0.25, -0.2) is 9.78 Å². The normalized spacial score (nSPS) is 11.5. The number of benzene rings is 3. The molecule has 0 saturated carbocycles.